The molecule has 37 heavy (non-hydrogen) atoms. The molecular formula is C30H28ClF2NO3. The molecule has 0 spiro atoms. The highest BCUT2D eigenvalue weighted by atomic mass is 35.5. The molecule has 0 bridgehead atoms. The number of hydrogen-bond donors (Lipinski definition) is 1. The van der Waals surface area contributed by atoms with Crippen LogP contribution in [0, 0.1) is 11.6 Å². The van der Waals surface area contributed by atoms with Crippen LogP contribution in [0.3, 0.4) is 0 Å². The van der Waals surface area contributed by atoms with Crippen molar-refractivity contribution in [1.29, 1.82) is 0 Å². The molecule has 0 fully saturated rings. The molecule has 2 atom stereocenters. The van der Waals surface area contributed by atoms with E-state index in [0.29, 0.717) is 30.3 Å². The minimum absolute atomic E-state index is 0. The van der Waals surface area contributed by atoms with Crippen molar-refractivity contribution in [2.75, 3.05) is 11.4 Å². The summed E-state index contributed by atoms with van der Waals surface area (Å²) in [6.45, 7) is 2.58. The molecule has 1 aliphatic heterocycles. The van der Waals surface area contributed by atoms with Crippen LogP contribution in [-0.2, 0) is 0 Å². The quantitative estimate of drug-likeness (QED) is 0.266. The third kappa shape index (κ3) is 5.54. The second kappa shape index (κ2) is 11.2. The first-order chi connectivity index (χ1) is 17.4. The van der Waals surface area contributed by atoms with Crippen molar-refractivity contribution in [3.05, 3.63) is 102 Å². The predicted molar refractivity (Wildman–Crippen MR) is 145 cm³/mol. The number of aromatic carboxylic acids is 1. The number of ether oxygens (including phenoxy) is 1. The maximum Gasteiger partial charge on any atom is 0.335 e. The molecule has 1 aliphatic rings. The van der Waals surface area contributed by atoms with Crippen LogP contribution in [-0.4, -0.2) is 23.7 Å². The average Bonchev–Trinajstić information content (AvgIpc) is 2.88. The summed E-state index contributed by atoms with van der Waals surface area (Å²) in [4.78, 5) is 13.2. The van der Waals surface area contributed by atoms with Crippen LogP contribution in [0.1, 0.15) is 48.0 Å². The van der Waals surface area contributed by atoms with Gasteiger partial charge < -0.3 is 14.7 Å². The average molecular weight is 524 g/mol. The zero-order valence-corrected chi connectivity index (χ0v) is 21.2. The first-order valence-electron chi connectivity index (χ1n) is 12.1. The van der Waals surface area contributed by atoms with Gasteiger partial charge in [-0.25, -0.2) is 13.6 Å². The van der Waals surface area contributed by atoms with Gasteiger partial charge in [0.1, 0.15) is 11.9 Å². The number of nitrogens with zero attached hydrogens (tertiary/aromatic N) is 1. The molecule has 0 saturated heterocycles. The van der Waals surface area contributed by atoms with Crippen molar-refractivity contribution in [3.63, 3.8) is 0 Å². The van der Waals surface area contributed by atoms with Crippen LogP contribution < -0.4 is 9.64 Å². The maximum absolute atomic E-state index is 14.7. The van der Waals surface area contributed by atoms with Crippen molar-refractivity contribution in [1.82, 2.24) is 0 Å². The van der Waals surface area contributed by atoms with Gasteiger partial charge >= 0.3 is 5.97 Å². The number of halogens is 3. The van der Waals surface area contributed by atoms with E-state index in [1.165, 1.54) is 34.5 Å². The van der Waals surface area contributed by atoms with Crippen molar-refractivity contribution >= 4 is 40.5 Å². The lowest BCUT2D eigenvalue weighted by atomic mass is 9.90. The van der Waals surface area contributed by atoms with Gasteiger partial charge in [0.25, 0.3) is 0 Å². The molecule has 0 amide bonds. The lowest BCUT2D eigenvalue weighted by Gasteiger charge is -2.36. The summed E-state index contributed by atoms with van der Waals surface area (Å²) in [5.74, 6) is -1.93. The Morgan fingerprint density at radius 1 is 1.05 bits per heavy atom. The predicted octanol–water partition coefficient (Wildman–Crippen LogP) is 8.11. The third-order valence-corrected chi connectivity index (χ3v) is 6.87. The van der Waals surface area contributed by atoms with Crippen molar-refractivity contribution in [2.24, 2.45) is 0 Å². The van der Waals surface area contributed by atoms with Crippen LogP contribution in [0.4, 0.5) is 20.2 Å². The van der Waals surface area contributed by atoms with Crippen molar-refractivity contribution in [2.45, 2.75) is 38.2 Å². The van der Waals surface area contributed by atoms with Gasteiger partial charge in [0, 0.05) is 5.69 Å². The summed E-state index contributed by atoms with van der Waals surface area (Å²) in [6, 6.07) is 23.0. The SMILES string of the molecule is C[C@@H](CCCC1CN(c2cc(F)cc(C(=O)O)c2)c2cccc(F)c2O1)c1cccc2ccccc12.Cl. The van der Waals surface area contributed by atoms with E-state index < -0.39 is 17.6 Å². The molecule has 5 rings (SSSR count). The summed E-state index contributed by atoms with van der Waals surface area (Å²) in [5.41, 5.74) is 1.96. The first kappa shape index (κ1) is 26.4. The van der Waals surface area contributed by atoms with E-state index >= 15 is 0 Å². The van der Waals surface area contributed by atoms with Crippen molar-refractivity contribution in [3.8, 4) is 5.75 Å². The molecule has 7 heteroatoms. The number of hydrogen-bond acceptors (Lipinski definition) is 3. The summed E-state index contributed by atoms with van der Waals surface area (Å²) in [6.07, 6.45) is 2.14. The normalized spacial score (nSPS) is 15.4. The van der Waals surface area contributed by atoms with Gasteiger partial charge in [-0.2, -0.15) is 0 Å². The molecule has 4 nitrogen and oxygen atoms in total. The smallest absolute Gasteiger partial charge is 0.335 e. The van der Waals surface area contributed by atoms with Crippen LogP contribution in [0.15, 0.2) is 78.9 Å². The van der Waals surface area contributed by atoms with Crippen LogP contribution in [0.25, 0.3) is 10.8 Å². The third-order valence-electron chi connectivity index (χ3n) is 6.87. The number of fused-ring (bicyclic) bond motifs is 2. The van der Waals surface area contributed by atoms with Gasteiger partial charge in [-0.1, -0.05) is 55.5 Å². The van der Waals surface area contributed by atoms with Gasteiger partial charge in [0.05, 0.1) is 17.8 Å². The summed E-state index contributed by atoms with van der Waals surface area (Å²) < 4.78 is 35.0. The van der Waals surface area contributed by atoms with E-state index in [-0.39, 0.29) is 29.8 Å². The number of benzene rings is 4. The van der Waals surface area contributed by atoms with Gasteiger partial charge in [-0.15, -0.1) is 12.4 Å². The molecular weight excluding hydrogens is 496 g/mol. The molecule has 0 saturated carbocycles. The second-order valence-corrected chi connectivity index (χ2v) is 9.34. The van der Waals surface area contributed by atoms with Crippen molar-refractivity contribution < 1.29 is 23.4 Å². The number of carboxylic acid groups (broad SMARTS) is 1. The molecule has 192 valence electrons. The number of para-hydroxylation sites is 1. The van der Waals surface area contributed by atoms with E-state index in [9.17, 15) is 18.7 Å². The van der Waals surface area contributed by atoms with Gasteiger partial charge in [0.2, 0.25) is 0 Å². The molecule has 4 aromatic carbocycles. The van der Waals surface area contributed by atoms with Gasteiger partial charge in [0.15, 0.2) is 11.6 Å². The Kier molecular flexibility index (Phi) is 7.98. The fraction of sp³-hybridized carbons (Fsp3) is 0.233. The zero-order valence-electron chi connectivity index (χ0n) is 20.4. The van der Waals surface area contributed by atoms with E-state index in [4.69, 9.17) is 4.74 Å². The highest BCUT2D eigenvalue weighted by Crippen LogP contribution is 2.41. The van der Waals surface area contributed by atoms with E-state index in [2.05, 4.69) is 43.3 Å². The lowest BCUT2D eigenvalue weighted by molar-refractivity contribution is 0.0696. The summed E-state index contributed by atoms with van der Waals surface area (Å²) in [5, 5.41) is 11.9. The molecule has 1 heterocycles. The highest BCUT2D eigenvalue weighted by Gasteiger charge is 2.29. The van der Waals surface area contributed by atoms with Crippen LogP contribution >= 0.6 is 12.4 Å². The highest BCUT2D eigenvalue weighted by molar-refractivity contribution is 5.89. The maximum atomic E-state index is 14.7. The zero-order chi connectivity index (χ0) is 25.2. The Bertz CT molecular complexity index is 1420. The second-order valence-electron chi connectivity index (χ2n) is 9.34. The Labute approximate surface area is 220 Å². The molecule has 0 aromatic heterocycles. The van der Waals surface area contributed by atoms with Crippen LogP contribution in [0.2, 0.25) is 0 Å². The Morgan fingerprint density at radius 2 is 1.81 bits per heavy atom. The number of carbonyl (C=O) groups is 1. The summed E-state index contributed by atoms with van der Waals surface area (Å²) >= 11 is 0. The number of anilines is 2. The standard InChI is InChI=1S/C30H27F2NO3.ClH/c1-19(25-12-5-9-20-8-2-3-11-26(20)25)7-4-10-24-18-33(28-14-6-13-27(32)29(28)36-24)23-16-21(30(34)35)15-22(31)17-23;/h2-3,5-6,8-9,11-17,19,24H,4,7,10,18H2,1H3,(H,34,35);1H/t19-,24?;/m0./s1. The Balaban J connectivity index is 0.00000320. The Hall–Kier alpha value is -3.64. The first-order valence-corrected chi connectivity index (χ1v) is 12.1. The fourth-order valence-electron chi connectivity index (χ4n) is 5.07. The minimum atomic E-state index is -1.22. The topological polar surface area (TPSA) is 49.8 Å². The monoisotopic (exact) mass is 523 g/mol. The van der Waals surface area contributed by atoms with E-state index in [1.54, 1.807) is 17.0 Å². The largest absolute Gasteiger partial charge is 0.483 e. The fourth-order valence-corrected chi connectivity index (χ4v) is 5.07. The van der Waals surface area contributed by atoms with Gasteiger partial charge in [-0.05, 0) is 71.8 Å². The lowest BCUT2D eigenvalue weighted by Crippen LogP contribution is -2.37. The molecule has 1 unspecified atom stereocenters. The molecule has 0 radical (unpaired) electrons. The van der Waals surface area contributed by atoms with E-state index in [0.717, 1.165) is 18.9 Å². The molecule has 0 aliphatic carbocycles. The minimum Gasteiger partial charge on any atom is -0.483 e. The number of carboxylic acids is 1. The van der Waals surface area contributed by atoms with Gasteiger partial charge in [-0.3, -0.25) is 0 Å². The van der Waals surface area contributed by atoms with Crippen LogP contribution in [0.5, 0.6) is 5.75 Å². The number of rotatable bonds is 7. The summed E-state index contributed by atoms with van der Waals surface area (Å²) in [7, 11) is 0. The Morgan fingerprint density at radius 3 is 2.62 bits per heavy atom. The molecule has 1 N–H and O–H groups in total. The van der Waals surface area contributed by atoms with E-state index in [1.807, 2.05) is 6.07 Å². The molecule has 4 aromatic rings.